The molecule has 4 amide bonds. The summed E-state index contributed by atoms with van der Waals surface area (Å²) >= 11 is 1.74. The fourth-order valence-corrected chi connectivity index (χ4v) is 14.4. The highest BCUT2D eigenvalue weighted by molar-refractivity contribution is 7.12. The summed E-state index contributed by atoms with van der Waals surface area (Å²) in [4.78, 5) is 76.3. The van der Waals surface area contributed by atoms with Gasteiger partial charge in [0.1, 0.15) is 35.3 Å². The van der Waals surface area contributed by atoms with E-state index in [2.05, 4.69) is 43.4 Å². The number of methoxy groups -OCH3 is 2. The highest BCUT2D eigenvalue weighted by Gasteiger charge is 2.44. The molecule has 1 saturated carbocycles. The largest absolute Gasteiger partial charge is 0.464 e. The van der Waals surface area contributed by atoms with Crippen LogP contribution in [0.15, 0.2) is 60.9 Å². The number of imidazole rings is 2. The van der Waals surface area contributed by atoms with Crippen molar-refractivity contribution in [2.45, 2.75) is 146 Å². The molecule has 0 radical (unpaired) electrons. The summed E-state index contributed by atoms with van der Waals surface area (Å²) in [5.74, 6) is 1.26. The van der Waals surface area contributed by atoms with Gasteiger partial charge in [0, 0.05) is 46.9 Å². The predicted molar refractivity (Wildman–Crippen MR) is 289 cm³/mol. The maximum Gasteiger partial charge on any atom is 0.407 e. The van der Waals surface area contributed by atoms with Crippen molar-refractivity contribution in [1.29, 1.82) is 0 Å². The summed E-state index contributed by atoms with van der Waals surface area (Å²) in [6.45, 7) is 9.41. The Morgan fingerprint density at radius 3 is 2.01 bits per heavy atom. The molecule has 5 fully saturated rings. The van der Waals surface area contributed by atoms with Crippen molar-refractivity contribution in [3.05, 3.63) is 88.1 Å². The second kappa shape index (κ2) is 21.1. The van der Waals surface area contributed by atoms with Crippen molar-refractivity contribution in [2.24, 2.45) is 11.8 Å². The number of ether oxygens (including phenoxy) is 5. The number of aromatic nitrogens is 5. The Balaban J connectivity index is 0.811. The van der Waals surface area contributed by atoms with Crippen LogP contribution in [-0.4, -0.2) is 129 Å². The summed E-state index contributed by atoms with van der Waals surface area (Å²) < 4.78 is 48.0. The van der Waals surface area contributed by atoms with Crippen LogP contribution in [-0.2, 0) is 28.5 Å². The molecule has 11 atom stereocenters. The maximum absolute atomic E-state index is 17.1. The molecule has 78 heavy (non-hydrogen) atoms. The number of H-pyrrole nitrogens is 2. The van der Waals surface area contributed by atoms with Crippen molar-refractivity contribution < 1.29 is 47.3 Å². The number of carbonyl (C=O) groups excluding carboxylic acids is 4. The van der Waals surface area contributed by atoms with E-state index in [0.29, 0.717) is 104 Å². The molecular formula is C58H68FN9O9S. The van der Waals surface area contributed by atoms with Crippen LogP contribution in [0.25, 0.3) is 44.7 Å². The predicted octanol–water partition coefficient (Wildman–Crippen LogP) is 9.94. The standard InChI is InChI=1S/C58H68FN9O9S/c1-29-18-38(19-30(2)75-29)50(64-57(71)73-5)54(69)66-17-15-35(28-66)52-60-27-42(62-52)36-23-40(59)49-45-24-37-22-34(11-12-43(37)68(45)56(77-46(49)25-36)48-14-13-47(78-48)33-9-10-33)41-26-61-53(63-41)44-8-7-16-67(44)55(70)51(65-58(72)74-6)39-20-31(3)76-32(4)21-39/h11-14,22-27,29-33,35,38-39,44,50-51,56H,7-10,15-21,28H2,1-6H3,(H,60,62)(H,61,63)(H,64,71)(H,65,72)/t29-,30+,31-,32+,35-,38?,39?,44+,50+,51?,56?/m1/s1. The zero-order chi connectivity index (χ0) is 54.1. The van der Waals surface area contributed by atoms with E-state index in [0.717, 1.165) is 33.5 Å². The van der Waals surface area contributed by atoms with Crippen LogP contribution in [0.5, 0.6) is 5.75 Å². The molecule has 4 N–H and O–H groups in total. The number of hydrogen-bond donors (Lipinski definition) is 4. The molecule has 18 nitrogen and oxygen atoms in total. The lowest BCUT2D eigenvalue weighted by molar-refractivity contribution is -0.138. The first kappa shape index (κ1) is 52.0. The van der Waals surface area contributed by atoms with Crippen LogP contribution in [0.1, 0.15) is 131 Å². The summed E-state index contributed by atoms with van der Waals surface area (Å²) in [6.07, 6.45) is 8.52. The van der Waals surface area contributed by atoms with E-state index in [1.165, 1.54) is 38.0 Å². The Morgan fingerprint density at radius 2 is 1.35 bits per heavy atom. The fourth-order valence-electron chi connectivity index (χ4n) is 13.2. The van der Waals surface area contributed by atoms with Crippen molar-refractivity contribution in [3.63, 3.8) is 0 Å². The number of nitrogens with zero attached hydrogens (tertiary/aromatic N) is 5. The van der Waals surface area contributed by atoms with Gasteiger partial charge in [0.2, 0.25) is 18.0 Å². The lowest BCUT2D eigenvalue weighted by Crippen LogP contribution is -2.54. The minimum absolute atomic E-state index is 0.0449. The van der Waals surface area contributed by atoms with E-state index in [1.807, 2.05) is 56.9 Å². The van der Waals surface area contributed by atoms with Crippen LogP contribution >= 0.6 is 11.3 Å². The van der Waals surface area contributed by atoms with Crippen molar-refractivity contribution in [1.82, 2.24) is 44.9 Å². The molecule has 6 aromatic rings. The van der Waals surface area contributed by atoms with Gasteiger partial charge in [-0.3, -0.25) is 14.2 Å². The van der Waals surface area contributed by atoms with E-state index in [4.69, 9.17) is 33.7 Å². The highest BCUT2D eigenvalue weighted by atomic mass is 32.1. The monoisotopic (exact) mass is 1090 g/mol. The second-order valence-electron chi connectivity index (χ2n) is 22.5. The van der Waals surface area contributed by atoms with Gasteiger partial charge in [0.25, 0.3) is 0 Å². The number of fused-ring (bicyclic) bond motifs is 5. The van der Waals surface area contributed by atoms with Gasteiger partial charge in [0.05, 0.1) is 90.1 Å². The molecular weight excluding hydrogens is 1020 g/mol. The Kier molecular flexibility index (Phi) is 14.1. The van der Waals surface area contributed by atoms with Crippen molar-refractivity contribution in [2.75, 3.05) is 33.9 Å². The number of benzene rings is 2. The third-order valence-corrected chi connectivity index (χ3v) is 18.2. The van der Waals surface area contributed by atoms with E-state index in [9.17, 15) is 19.2 Å². The molecule has 0 spiro atoms. The van der Waals surface area contributed by atoms with Crippen LogP contribution in [0.2, 0.25) is 0 Å². The number of halogens is 1. The molecule has 4 unspecified atom stereocenters. The molecule has 4 aromatic heterocycles. The first-order valence-electron chi connectivity index (χ1n) is 27.6. The fraction of sp³-hybridized carbons (Fsp3) is 0.517. The van der Waals surface area contributed by atoms with E-state index >= 15 is 4.39 Å². The average molecular weight is 1090 g/mol. The molecule has 4 saturated heterocycles. The number of rotatable bonds is 12. The zero-order valence-corrected chi connectivity index (χ0v) is 45.7. The van der Waals surface area contributed by atoms with Gasteiger partial charge in [0.15, 0.2) is 0 Å². The van der Waals surface area contributed by atoms with Gasteiger partial charge in [-0.05, 0) is 146 Å². The first-order chi connectivity index (χ1) is 37.7. The average Bonchev–Trinajstić information content (AvgIpc) is 4.36. The number of carbonyl (C=O) groups is 4. The number of likely N-dealkylation sites (tertiary alicyclic amines) is 2. The third kappa shape index (κ3) is 10.0. The molecule has 6 aliphatic rings. The Morgan fingerprint density at radius 1 is 0.718 bits per heavy atom. The van der Waals surface area contributed by atoms with Gasteiger partial charge < -0.3 is 54.1 Å². The molecule has 412 valence electrons. The van der Waals surface area contributed by atoms with Crippen LogP contribution in [0, 0.1) is 17.7 Å². The summed E-state index contributed by atoms with van der Waals surface area (Å²) in [6, 6.07) is 14.1. The highest BCUT2D eigenvalue weighted by Crippen LogP contribution is 2.50. The minimum Gasteiger partial charge on any atom is -0.464 e. The quantitative estimate of drug-likeness (QED) is 0.0907. The first-order valence-corrected chi connectivity index (χ1v) is 28.5. The Bertz CT molecular complexity index is 3240. The summed E-state index contributed by atoms with van der Waals surface area (Å²) in [5, 5.41) is 6.59. The topological polar surface area (TPSA) is 207 Å². The van der Waals surface area contributed by atoms with Gasteiger partial charge in [-0.15, -0.1) is 11.3 Å². The Labute approximate surface area is 456 Å². The number of alkyl carbamates (subject to hydrolysis) is 2. The summed E-state index contributed by atoms with van der Waals surface area (Å²) in [5.41, 5.74) is 4.80. The van der Waals surface area contributed by atoms with Gasteiger partial charge >= 0.3 is 12.2 Å². The molecule has 5 aliphatic heterocycles. The zero-order valence-electron chi connectivity index (χ0n) is 44.9. The van der Waals surface area contributed by atoms with E-state index in [1.54, 1.807) is 28.6 Å². The normalized spacial score (nSPS) is 26.7. The maximum atomic E-state index is 17.1. The second-order valence-corrected chi connectivity index (χ2v) is 23.7. The van der Waals surface area contributed by atoms with Crippen molar-refractivity contribution >= 4 is 46.2 Å². The Hall–Kier alpha value is -6.77. The molecule has 1 aliphatic carbocycles. The van der Waals surface area contributed by atoms with Crippen LogP contribution in [0.3, 0.4) is 0 Å². The van der Waals surface area contributed by atoms with Crippen LogP contribution in [0.4, 0.5) is 14.0 Å². The molecule has 2 aromatic carbocycles. The smallest absolute Gasteiger partial charge is 0.407 e. The van der Waals surface area contributed by atoms with Gasteiger partial charge in [-0.1, -0.05) is 6.07 Å². The lowest BCUT2D eigenvalue weighted by atomic mass is 9.85. The molecule has 20 heteroatoms. The number of hydrogen-bond acceptors (Lipinski definition) is 12. The van der Waals surface area contributed by atoms with Crippen molar-refractivity contribution in [3.8, 4) is 39.5 Å². The molecule has 12 rings (SSSR count). The lowest BCUT2D eigenvalue weighted by Gasteiger charge is -2.38. The third-order valence-electron chi connectivity index (χ3n) is 16.9. The number of thiophene rings is 1. The minimum atomic E-state index is -0.768. The SMILES string of the molecule is COC(=O)NC(C(=O)N1CCC[C@H]1c1ncc(-c2ccc3c(c2)cc2n3C(c3ccc(C4CC4)s3)Oc3cc(-c4cnc([C@@H]5CCN(C(=O)[C@@H](NC(=O)OC)C6C[C@@H](C)O[C@@H](C)C6)C5)[nH]4)cc(F)c3-2)[nH]1)C1C[C@@H](C)O[C@@H](C)C1. The number of amides is 4. The molecule has 0 bridgehead atoms. The molecule has 9 heterocycles. The van der Waals surface area contributed by atoms with E-state index < -0.39 is 36.3 Å². The number of aromatic amines is 2. The van der Waals surface area contributed by atoms with Crippen LogP contribution < -0.4 is 15.4 Å². The van der Waals surface area contributed by atoms with Gasteiger partial charge in [-0.2, -0.15) is 0 Å². The number of nitrogens with one attached hydrogen (secondary N) is 4. The van der Waals surface area contributed by atoms with Gasteiger partial charge in [-0.25, -0.2) is 23.9 Å². The summed E-state index contributed by atoms with van der Waals surface area (Å²) in [7, 11) is 2.60. The van der Waals surface area contributed by atoms with E-state index in [-0.39, 0.29) is 60.0 Å².